The maximum Gasteiger partial charge on any atom is 0.321 e. The van der Waals surface area contributed by atoms with Gasteiger partial charge in [0.05, 0.1) is 6.42 Å². The van der Waals surface area contributed by atoms with E-state index in [0.717, 1.165) is 0 Å². The summed E-state index contributed by atoms with van der Waals surface area (Å²) in [6.07, 6.45) is -0.532. The normalized spacial score (nSPS) is 11.3. The van der Waals surface area contributed by atoms with Gasteiger partial charge in [-0.1, -0.05) is 0 Å². The van der Waals surface area contributed by atoms with Crippen LogP contribution in [-0.2, 0) is 9.59 Å². The van der Waals surface area contributed by atoms with E-state index in [-0.39, 0.29) is 17.1 Å². The van der Waals surface area contributed by atoms with Gasteiger partial charge in [-0.2, -0.15) is 0 Å². The summed E-state index contributed by atoms with van der Waals surface area (Å²) in [6, 6.07) is -1.29. The number of carbonyl (C=O) groups is 2. The second-order valence-electron chi connectivity index (χ2n) is 1.54. The summed E-state index contributed by atoms with van der Waals surface area (Å²) in [4.78, 5) is 19.6. The Balaban J connectivity index is 0. The molecule has 5 nitrogen and oxygen atoms in total. The molecule has 0 saturated heterocycles. The van der Waals surface area contributed by atoms with Gasteiger partial charge >= 0.3 is 11.9 Å². The van der Waals surface area contributed by atoms with Crippen LogP contribution in [0.2, 0.25) is 0 Å². The predicted octanol–water partition coefficient (Wildman–Crippen LogP) is -1.51. The maximum atomic E-state index is 9.85. The molecule has 0 aromatic heterocycles. The van der Waals surface area contributed by atoms with Gasteiger partial charge in [0.15, 0.2) is 0 Å². The molecule has 0 rings (SSSR count). The first-order chi connectivity index (χ1) is 4.04. The molecular weight excluding hydrogens is 205 g/mol. The van der Waals surface area contributed by atoms with Crippen LogP contribution in [0.25, 0.3) is 0 Å². The molecule has 0 spiro atoms. The first-order valence-electron chi connectivity index (χ1n) is 2.24. The van der Waals surface area contributed by atoms with E-state index in [1.165, 1.54) is 0 Å². The van der Waals surface area contributed by atoms with Gasteiger partial charge in [0.25, 0.3) is 0 Å². The van der Waals surface area contributed by atoms with E-state index in [1.807, 2.05) is 0 Å². The van der Waals surface area contributed by atoms with Crippen LogP contribution < -0.4 is 5.73 Å². The predicted molar refractivity (Wildman–Crippen MR) is 33.6 cm³/mol. The monoisotopic (exact) mass is 213 g/mol. The Labute approximate surface area is 67.7 Å². The van der Waals surface area contributed by atoms with Crippen LogP contribution in [0.4, 0.5) is 0 Å². The van der Waals surface area contributed by atoms with E-state index in [4.69, 9.17) is 15.9 Å². The number of aliphatic carboxylic acids is 2. The van der Waals surface area contributed by atoms with Crippen LogP contribution in [0, 0.1) is 0 Å². The number of hydrogen-bond acceptors (Lipinski definition) is 3. The first kappa shape index (κ1) is 12.1. The van der Waals surface area contributed by atoms with Gasteiger partial charge in [0, 0.05) is 17.1 Å². The first-order valence-corrected chi connectivity index (χ1v) is 2.24. The van der Waals surface area contributed by atoms with Gasteiger partial charge in [-0.25, -0.2) is 0 Å². The Morgan fingerprint density at radius 3 is 1.90 bits per heavy atom. The van der Waals surface area contributed by atoms with Gasteiger partial charge in [0.1, 0.15) is 6.04 Å². The number of carboxylic acid groups (broad SMARTS) is 2. The molecule has 0 aliphatic rings. The standard InChI is InChI=1S/C4H7NO4.Se/c5-2(4(8)9)1-3(6)7;/h2H,1,5H2,(H,6,7)(H,8,9);. The van der Waals surface area contributed by atoms with Crippen molar-refractivity contribution in [1.82, 2.24) is 0 Å². The minimum Gasteiger partial charge on any atom is -0.481 e. The third-order valence-corrected chi connectivity index (χ3v) is 0.712. The third-order valence-electron chi connectivity index (χ3n) is 0.712. The second-order valence-corrected chi connectivity index (χ2v) is 1.54. The fourth-order valence-electron chi connectivity index (χ4n) is 0.275. The summed E-state index contributed by atoms with van der Waals surface area (Å²) in [7, 11) is 0. The zero-order valence-electron chi connectivity index (χ0n) is 4.98. The Morgan fingerprint density at radius 2 is 1.80 bits per heavy atom. The zero-order chi connectivity index (χ0) is 7.44. The molecule has 1 unspecified atom stereocenters. The van der Waals surface area contributed by atoms with Crippen LogP contribution in [0.1, 0.15) is 6.42 Å². The fraction of sp³-hybridized carbons (Fsp3) is 0.500. The Bertz CT molecular complexity index is 137. The molecule has 0 aliphatic carbocycles. The molecular formula is C4H7NO4Se. The summed E-state index contributed by atoms with van der Waals surface area (Å²) in [5, 5.41) is 16.0. The minimum absolute atomic E-state index is 0. The third kappa shape index (κ3) is 5.55. The maximum absolute atomic E-state index is 9.85. The summed E-state index contributed by atoms with van der Waals surface area (Å²) < 4.78 is 0. The summed E-state index contributed by atoms with van der Waals surface area (Å²) in [5.74, 6) is -2.50. The number of hydrogen-bond donors (Lipinski definition) is 3. The van der Waals surface area contributed by atoms with E-state index in [2.05, 4.69) is 0 Å². The molecule has 0 bridgehead atoms. The van der Waals surface area contributed by atoms with E-state index in [9.17, 15) is 9.59 Å². The molecule has 0 aliphatic heterocycles. The van der Waals surface area contributed by atoms with Crippen molar-refractivity contribution in [1.29, 1.82) is 0 Å². The van der Waals surface area contributed by atoms with Crippen LogP contribution in [-0.4, -0.2) is 45.3 Å². The molecule has 10 heavy (non-hydrogen) atoms. The minimum atomic E-state index is -1.29. The van der Waals surface area contributed by atoms with E-state index < -0.39 is 24.4 Å². The number of carboxylic acids is 2. The van der Waals surface area contributed by atoms with Gasteiger partial charge in [-0.3, -0.25) is 9.59 Å². The van der Waals surface area contributed by atoms with Crippen molar-refractivity contribution in [3.05, 3.63) is 0 Å². The number of rotatable bonds is 3. The van der Waals surface area contributed by atoms with Gasteiger partial charge in [-0.15, -0.1) is 0 Å². The van der Waals surface area contributed by atoms with E-state index in [1.54, 1.807) is 0 Å². The molecule has 4 N–H and O–H groups in total. The average Bonchev–Trinajstić information content (AvgIpc) is 1.63. The quantitative estimate of drug-likeness (QED) is 0.494. The molecule has 2 radical (unpaired) electrons. The van der Waals surface area contributed by atoms with Crippen LogP contribution in [0.15, 0.2) is 0 Å². The molecule has 0 aromatic rings. The van der Waals surface area contributed by atoms with E-state index >= 15 is 0 Å². The largest absolute Gasteiger partial charge is 0.481 e. The van der Waals surface area contributed by atoms with Crippen molar-refractivity contribution in [3.8, 4) is 0 Å². The zero-order valence-corrected chi connectivity index (χ0v) is 6.69. The Kier molecular flexibility index (Phi) is 6.34. The van der Waals surface area contributed by atoms with Gasteiger partial charge < -0.3 is 15.9 Å². The Hall–Kier alpha value is -0.581. The smallest absolute Gasteiger partial charge is 0.321 e. The Morgan fingerprint density at radius 1 is 1.40 bits per heavy atom. The van der Waals surface area contributed by atoms with Crippen LogP contribution in [0.3, 0.4) is 0 Å². The molecule has 0 amide bonds. The summed E-state index contributed by atoms with van der Waals surface area (Å²) in [6.45, 7) is 0. The molecule has 6 heteroatoms. The van der Waals surface area contributed by atoms with Gasteiger partial charge in [-0.05, 0) is 0 Å². The van der Waals surface area contributed by atoms with Gasteiger partial charge in [0.2, 0.25) is 0 Å². The molecule has 58 valence electrons. The average molecular weight is 212 g/mol. The van der Waals surface area contributed by atoms with Crippen molar-refractivity contribution in [2.75, 3.05) is 0 Å². The molecule has 0 aromatic carbocycles. The van der Waals surface area contributed by atoms with Crippen molar-refractivity contribution in [2.45, 2.75) is 12.5 Å². The molecule has 0 fully saturated rings. The van der Waals surface area contributed by atoms with E-state index in [0.29, 0.717) is 0 Å². The van der Waals surface area contributed by atoms with Crippen LogP contribution >= 0.6 is 0 Å². The SMILES string of the molecule is NC(CC(=O)O)C(=O)O.[Se]. The second kappa shape index (κ2) is 5.22. The van der Waals surface area contributed by atoms with Crippen molar-refractivity contribution >= 4 is 29.0 Å². The fourth-order valence-corrected chi connectivity index (χ4v) is 0.275. The van der Waals surface area contributed by atoms with Crippen molar-refractivity contribution in [3.63, 3.8) is 0 Å². The molecule has 0 heterocycles. The molecule has 1 atom stereocenters. The number of nitrogens with two attached hydrogens (primary N) is 1. The summed E-state index contributed by atoms with van der Waals surface area (Å²) in [5.41, 5.74) is 4.84. The summed E-state index contributed by atoms with van der Waals surface area (Å²) >= 11 is 0. The van der Waals surface area contributed by atoms with Crippen molar-refractivity contribution < 1.29 is 19.8 Å². The van der Waals surface area contributed by atoms with Crippen LogP contribution in [0.5, 0.6) is 0 Å². The topological polar surface area (TPSA) is 101 Å². The molecule has 0 saturated carbocycles. The van der Waals surface area contributed by atoms with Crippen molar-refractivity contribution in [2.24, 2.45) is 5.73 Å².